The molecule has 1 aromatic heterocycles. The van der Waals surface area contributed by atoms with Gasteiger partial charge in [-0.2, -0.15) is 0 Å². The third-order valence-electron chi connectivity index (χ3n) is 3.76. The molecule has 0 aliphatic rings. The zero-order chi connectivity index (χ0) is 18.6. The highest BCUT2D eigenvalue weighted by atomic mass is 16.5. The Labute approximate surface area is 155 Å². The topological polar surface area (TPSA) is 72.7 Å². The quantitative estimate of drug-likeness (QED) is 0.502. The van der Waals surface area contributed by atoms with Crippen LogP contribution in [-0.4, -0.2) is 48.9 Å². The van der Waals surface area contributed by atoms with Crippen LogP contribution in [0.1, 0.15) is 19.4 Å². The first kappa shape index (κ1) is 19.6. The number of benzene rings is 1. The molecule has 0 unspecified atom stereocenters. The van der Waals surface area contributed by atoms with Crippen molar-refractivity contribution in [2.24, 2.45) is 4.99 Å². The molecule has 0 bridgehead atoms. The van der Waals surface area contributed by atoms with Gasteiger partial charge in [0.15, 0.2) is 17.5 Å². The lowest BCUT2D eigenvalue weighted by Gasteiger charge is -2.14. The Morgan fingerprint density at radius 2 is 1.88 bits per heavy atom. The molecule has 0 radical (unpaired) electrons. The van der Waals surface area contributed by atoms with Crippen molar-refractivity contribution in [1.82, 2.24) is 20.2 Å². The van der Waals surface area contributed by atoms with Gasteiger partial charge in [-0.1, -0.05) is 6.07 Å². The second kappa shape index (κ2) is 11.0. The van der Waals surface area contributed by atoms with Gasteiger partial charge in [-0.05, 0) is 38.0 Å². The average Bonchev–Trinajstić information content (AvgIpc) is 3.16. The van der Waals surface area contributed by atoms with Crippen LogP contribution in [0.2, 0.25) is 0 Å². The fourth-order valence-corrected chi connectivity index (χ4v) is 2.52. The van der Waals surface area contributed by atoms with E-state index in [1.54, 1.807) is 19.6 Å². The van der Waals surface area contributed by atoms with E-state index in [0.717, 1.165) is 43.5 Å². The molecule has 0 aliphatic carbocycles. The maximum atomic E-state index is 5.68. The molecule has 0 atom stereocenters. The van der Waals surface area contributed by atoms with Crippen LogP contribution in [0.15, 0.2) is 41.9 Å². The Morgan fingerprint density at radius 1 is 1.12 bits per heavy atom. The molecule has 1 aromatic carbocycles. The van der Waals surface area contributed by atoms with Crippen LogP contribution in [0, 0.1) is 0 Å². The van der Waals surface area contributed by atoms with Gasteiger partial charge in [-0.3, -0.25) is 4.99 Å². The predicted molar refractivity (Wildman–Crippen MR) is 104 cm³/mol. The molecule has 0 amide bonds. The zero-order valence-corrected chi connectivity index (χ0v) is 15.9. The van der Waals surface area contributed by atoms with Crippen molar-refractivity contribution in [1.29, 1.82) is 0 Å². The largest absolute Gasteiger partial charge is 0.490 e. The number of rotatable bonds is 10. The summed E-state index contributed by atoms with van der Waals surface area (Å²) in [5.41, 5.74) is 1.19. The van der Waals surface area contributed by atoms with Crippen molar-refractivity contribution in [2.45, 2.75) is 26.8 Å². The van der Waals surface area contributed by atoms with Crippen molar-refractivity contribution in [3.63, 3.8) is 0 Å². The van der Waals surface area contributed by atoms with Gasteiger partial charge in [0.25, 0.3) is 0 Å². The smallest absolute Gasteiger partial charge is 0.191 e. The van der Waals surface area contributed by atoms with Crippen LogP contribution in [0.4, 0.5) is 0 Å². The van der Waals surface area contributed by atoms with Gasteiger partial charge in [-0.25, -0.2) is 4.98 Å². The molecular formula is C19H29N5O2. The Balaban J connectivity index is 1.78. The minimum absolute atomic E-state index is 0.620. The molecule has 2 aromatic rings. The maximum Gasteiger partial charge on any atom is 0.191 e. The van der Waals surface area contributed by atoms with E-state index in [4.69, 9.17) is 9.47 Å². The van der Waals surface area contributed by atoms with E-state index in [1.807, 2.05) is 36.7 Å². The number of imidazole rings is 1. The molecule has 0 spiro atoms. The fourth-order valence-electron chi connectivity index (χ4n) is 2.52. The average molecular weight is 359 g/mol. The van der Waals surface area contributed by atoms with Crippen LogP contribution in [0.5, 0.6) is 11.5 Å². The van der Waals surface area contributed by atoms with Crippen LogP contribution < -0.4 is 20.1 Å². The number of aliphatic imine (C=N–C) groups is 1. The number of ether oxygens (including phenoxy) is 2. The summed E-state index contributed by atoms with van der Waals surface area (Å²) < 4.78 is 13.3. The first-order chi connectivity index (χ1) is 12.8. The van der Waals surface area contributed by atoms with Gasteiger partial charge in [-0.15, -0.1) is 0 Å². The summed E-state index contributed by atoms with van der Waals surface area (Å²) in [7, 11) is 1.77. The number of nitrogens with one attached hydrogen (secondary N) is 2. The second-order valence-electron chi connectivity index (χ2n) is 5.62. The standard InChI is InChI=1S/C19H29N5O2/c1-4-25-17-7-6-16(14-18(17)26-5-2)8-9-22-19(20-3)23-11-13-24-12-10-21-15-24/h6-7,10,12,14-15H,4-5,8-9,11,13H2,1-3H3,(H2,20,22,23). The lowest BCUT2D eigenvalue weighted by Crippen LogP contribution is -2.39. The van der Waals surface area contributed by atoms with Gasteiger partial charge in [0.05, 0.1) is 19.5 Å². The van der Waals surface area contributed by atoms with Gasteiger partial charge in [0.1, 0.15) is 0 Å². The van der Waals surface area contributed by atoms with Crippen molar-refractivity contribution >= 4 is 5.96 Å². The molecule has 0 aliphatic heterocycles. The van der Waals surface area contributed by atoms with Crippen molar-refractivity contribution in [3.8, 4) is 11.5 Å². The van der Waals surface area contributed by atoms with Crippen LogP contribution in [0.25, 0.3) is 0 Å². The molecule has 2 N–H and O–H groups in total. The molecule has 0 saturated carbocycles. The van der Waals surface area contributed by atoms with E-state index in [2.05, 4.69) is 26.7 Å². The van der Waals surface area contributed by atoms with E-state index in [1.165, 1.54) is 5.56 Å². The molecule has 1 heterocycles. The van der Waals surface area contributed by atoms with Crippen molar-refractivity contribution in [3.05, 3.63) is 42.5 Å². The minimum Gasteiger partial charge on any atom is -0.490 e. The summed E-state index contributed by atoms with van der Waals surface area (Å²) in [5.74, 6) is 2.39. The number of hydrogen-bond acceptors (Lipinski definition) is 4. The highest BCUT2D eigenvalue weighted by molar-refractivity contribution is 5.79. The van der Waals surface area contributed by atoms with Crippen molar-refractivity contribution in [2.75, 3.05) is 33.4 Å². The first-order valence-electron chi connectivity index (χ1n) is 9.05. The van der Waals surface area contributed by atoms with Gasteiger partial charge in [0, 0.05) is 39.1 Å². The summed E-state index contributed by atoms with van der Waals surface area (Å²) in [5, 5.41) is 6.63. The second-order valence-corrected chi connectivity index (χ2v) is 5.62. The normalized spacial score (nSPS) is 11.3. The fraction of sp³-hybridized carbons (Fsp3) is 0.474. The summed E-state index contributed by atoms with van der Waals surface area (Å²) in [6.45, 7) is 7.61. The Kier molecular flexibility index (Phi) is 8.32. The van der Waals surface area contributed by atoms with E-state index in [0.29, 0.717) is 13.2 Å². The van der Waals surface area contributed by atoms with Crippen LogP contribution >= 0.6 is 0 Å². The molecule has 0 saturated heterocycles. The Hall–Kier alpha value is -2.70. The number of aromatic nitrogens is 2. The number of guanidine groups is 1. The minimum atomic E-state index is 0.620. The zero-order valence-electron chi connectivity index (χ0n) is 15.9. The number of nitrogens with zero attached hydrogens (tertiary/aromatic N) is 3. The van der Waals surface area contributed by atoms with E-state index >= 15 is 0 Å². The van der Waals surface area contributed by atoms with Crippen molar-refractivity contribution < 1.29 is 9.47 Å². The Morgan fingerprint density at radius 3 is 2.58 bits per heavy atom. The monoisotopic (exact) mass is 359 g/mol. The first-order valence-corrected chi connectivity index (χ1v) is 9.05. The molecule has 7 heteroatoms. The number of hydrogen-bond donors (Lipinski definition) is 2. The Bertz CT molecular complexity index is 671. The molecule has 26 heavy (non-hydrogen) atoms. The maximum absolute atomic E-state index is 5.68. The van der Waals surface area contributed by atoms with Gasteiger partial charge >= 0.3 is 0 Å². The van der Waals surface area contributed by atoms with Crippen LogP contribution in [0.3, 0.4) is 0 Å². The van der Waals surface area contributed by atoms with E-state index in [9.17, 15) is 0 Å². The van der Waals surface area contributed by atoms with Gasteiger partial charge in [0.2, 0.25) is 0 Å². The van der Waals surface area contributed by atoms with E-state index < -0.39 is 0 Å². The molecule has 2 rings (SSSR count). The third kappa shape index (κ3) is 6.31. The summed E-state index contributed by atoms with van der Waals surface area (Å²) in [4.78, 5) is 8.28. The lowest BCUT2D eigenvalue weighted by atomic mass is 10.1. The molecule has 7 nitrogen and oxygen atoms in total. The lowest BCUT2D eigenvalue weighted by molar-refractivity contribution is 0.287. The third-order valence-corrected chi connectivity index (χ3v) is 3.76. The summed E-state index contributed by atoms with van der Waals surface area (Å²) in [6, 6.07) is 6.10. The molecule has 0 fully saturated rings. The van der Waals surface area contributed by atoms with Crippen LogP contribution in [-0.2, 0) is 13.0 Å². The highest BCUT2D eigenvalue weighted by Crippen LogP contribution is 2.28. The SMILES string of the molecule is CCOc1ccc(CCNC(=NC)NCCn2ccnc2)cc1OCC. The molecular weight excluding hydrogens is 330 g/mol. The van der Waals surface area contributed by atoms with Gasteiger partial charge < -0.3 is 24.7 Å². The summed E-state index contributed by atoms with van der Waals surface area (Å²) in [6.07, 6.45) is 6.40. The predicted octanol–water partition coefficient (Wildman–Crippen LogP) is 2.09. The summed E-state index contributed by atoms with van der Waals surface area (Å²) >= 11 is 0. The molecule has 142 valence electrons. The highest BCUT2D eigenvalue weighted by Gasteiger charge is 2.06. The van der Waals surface area contributed by atoms with E-state index in [-0.39, 0.29) is 0 Å².